The van der Waals surface area contributed by atoms with Crippen molar-refractivity contribution >= 4 is 57.7 Å². The van der Waals surface area contributed by atoms with E-state index in [1.165, 1.54) is 136 Å². The quantitative estimate of drug-likeness (QED) is 0.0261. The maximum Gasteiger partial charge on any atom is 0.259 e. The van der Waals surface area contributed by atoms with Crippen LogP contribution in [0.25, 0.3) is 0 Å². The number of carbonyl (C=O) groups excluding carboxylic acids is 6. The molecule has 1 aliphatic heterocycles. The molecule has 4 aliphatic rings. The van der Waals surface area contributed by atoms with Gasteiger partial charge in [-0.15, -0.1) is 11.3 Å². The van der Waals surface area contributed by atoms with Gasteiger partial charge in [0.25, 0.3) is 35.4 Å². The monoisotopic (exact) mass is 1890 g/mol. The molecule has 3 saturated carbocycles. The van der Waals surface area contributed by atoms with Crippen LogP contribution in [0.5, 0.6) is 35.3 Å². The molecule has 0 unspecified atom stereocenters. The maximum atomic E-state index is 13.1. The number of hydrogen-bond acceptors (Lipinski definition) is 21. The van der Waals surface area contributed by atoms with E-state index >= 15 is 0 Å². The van der Waals surface area contributed by atoms with Crippen molar-refractivity contribution in [3.63, 3.8) is 0 Å². The largest absolute Gasteiger partial charge is 0.473 e. The molecule has 6 amide bonds. The number of ether oxygens (including phenoxy) is 6. The van der Waals surface area contributed by atoms with Gasteiger partial charge >= 0.3 is 0 Å². The lowest BCUT2D eigenvalue weighted by atomic mass is 9.93. The summed E-state index contributed by atoms with van der Waals surface area (Å²) in [6.07, 6.45) is 23.8. The second-order valence-corrected chi connectivity index (χ2v) is 33.6. The topological polar surface area (TPSA) is 324 Å². The molecule has 3 aliphatic carbocycles. The second-order valence-electron chi connectivity index (χ2n) is 32.8. The number of pyridine rings is 7. The minimum absolute atomic E-state index is 0.0221. The average molecular weight is 1890 g/mol. The Balaban J connectivity index is 0.000000140. The highest BCUT2D eigenvalue weighted by atomic mass is 32.1. The van der Waals surface area contributed by atoms with Crippen molar-refractivity contribution < 1.29 is 74.8 Å². The number of benzene rings is 6. The lowest BCUT2D eigenvalue weighted by Gasteiger charge is -2.26. The molecule has 710 valence electrons. The van der Waals surface area contributed by atoms with Crippen molar-refractivity contribution in [1.29, 1.82) is 0 Å². The molecule has 1 saturated heterocycles. The van der Waals surface area contributed by atoms with Crippen molar-refractivity contribution in [2.75, 3.05) is 30.3 Å². The number of thiazole rings is 1. The fourth-order valence-electron chi connectivity index (χ4n) is 13.8. The number of rotatable bonds is 30. The predicted octanol–water partition coefficient (Wildman–Crippen LogP) is 20.6. The van der Waals surface area contributed by atoms with Gasteiger partial charge in [0.15, 0.2) is 5.13 Å². The number of anilines is 2. The molecule has 0 radical (unpaired) electrons. The highest BCUT2D eigenvalue weighted by Gasteiger charge is 2.25. The number of nitrogens with zero attached hydrogens (tertiary/aromatic N) is 9. The molecular weight excluding hydrogens is 1780 g/mol. The van der Waals surface area contributed by atoms with Gasteiger partial charge in [0.1, 0.15) is 68.7 Å². The summed E-state index contributed by atoms with van der Waals surface area (Å²) in [6, 6.07) is 70.5. The summed E-state index contributed by atoms with van der Waals surface area (Å²) in [5.74, 6) is 1.92. The zero-order chi connectivity index (χ0) is 96.4. The second kappa shape index (κ2) is 52.9. The number of amides is 6. The number of carbonyl (C=O) groups is 6. The predicted molar refractivity (Wildman–Crippen MR) is 516 cm³/mol. The number of aryl methyl sites for hydroxylation is 2. The number of likely N-dealkylation sites (tertiary alicyclic amines) is 1. The Morgan fingerprint density at radius 1 is 0.355 bits per heavy atom. The molecule has 4 fully saturated rings. The first-order valence-electron chi connectivity index (χ1n) is 45.5. The van der Waals surface area contributed by atoms with Gasteiger partial charge in [0, 0.05) is 111 Å². The summed E-state index contributed by atoms with van der Waals surface area (Å²) < 4.78 is 85.2. The standard InChI is InChI=1S/C19H21FN2O2.C18H14FN3O2.C18H19FN2O2.C18H20N2O2.C17H17FN2O2.C17H15N3O2S/c20-16-6-4-5-14(11-16)13-24-18-10-9-15(12-21-18)19(23)22-17-7-2-1-3-8-17;19-15-7-4-13(5-8-15)12-24-17-9-6-14(11-21-17)18(23)22-16-3-1-2-10-20-16;19-16-6-4-5-14(11-16)13-23-17-8-7-15(12-20-17)18(22)21-9-2-1-3-10-21;1-13-16(18(21)19-11-14-7-8-14)9-10-17(20-13)22-12-15-5-3-2-4-6-15;18-14-7-4-12(5-8-14)11-22-16-9-6-13(10-19-16)17(21)20-15-2-1-3-15;1-12-11-23-17(19-12)20-16(21)14-7-8-15(18-9-14)22-10-13-5-3-2-4-6-13/h4-6,9-12,17H,1-3,7-8,13H2,(H,22,23);1-11H,12H2,(H,20,22,23);4-8,11-12H,1-3,9-10,13H2;2-6,9-10,14H,7-8,11-12H2,1H3,(H,19,21);4-10,15H,1-3,11H2,(H,20,21);2-9,11H,10H2,1H3,(H,19,20,21). The molecule has 14 aromatic rings. The van der Waals surface area contributed by atoms with Crippen LogP contribution in [0.1, 0.15) is 190 Å². The van der Waals surface area contributed by atoms with Crippen LogP contribution >= 0.6 is 11.3 Å². The SMILES string of the molecule is Cc1csc(NC(=O)c2ccc(OCc3ccccc3)nc2)n1.Cc1nc(OCc2ccccc2)ccc1C(=O)NCC1CC1.O=C(NC1CCC1)c1ccc(OCc2ccc(F)cc2)nc1.O=C(NC1CCCCC1)c1ccc(OCc2cccc(F)c2)nc1.O=C(Nc1ccccn1)c1ccc(OCc2ccc(F)cc2)nc1.O=C(c1ccc(OCc2cccc(F)c2)nc1)N1CCCCC1. The van der Waals surface area contributed by atoms with Crippen LogP contribution in [-0.4, -0.2) is 112 Å². The first-order valence-corrected chi connectivity index (χ1v) is 46.4. The molecule has 0 spiro atoms. The summed E-state index contributed by atoms with van der Waals surface area (Å²) in [5, 5.41) is 16.9. The normalized spacial score (nSPS) is 13.0. The fraction of sp³-hybridized carbons (Fsp3) is 0.252. The van der Waals surface area contributed by atoms with Crippen molar-refractivity contribution in [2.45, 2.75) is 149 Å². The molecule has 9 heterocycles. The highest BCUT2D eigenvalue weighted by Crippen LogP contribution is 2.29. The first kappa shape index (κ1) is 99.8. The lowest BCUT2D eigenvalue weighted by Crippen LogP contribution is -2.39. The van der Waals surface area contributed by atoms with E-state index in [0.29, 0.717) is 117 Å². The van der Waals surface area contributed by atoms with E-state index in [1.54, 1.807) is 146 Å². The lowest BCUT2D eigenvalue weighted by molar-refractivity contribution is 0.0722. The van der Waals surface area contributed by atoms with E-state index in [0.717, 1.165) is 97.2 Å². The Morgan fingerprint density at radius 3 is 1.15 bits per heavy atom. The molecular formula is C107H106F4N14O12S. The number of hydrogen-bond donors (Lipinski definition) is 5. The van der Waals surface area contributed by atoms with Gasteiger partial charge in [-0.25, -0.2) is 57.4 Å². The number of halogens is 4. The number of aromatic nitrogens is 8. The van der Waals surface area contributed by atoms with Gasteiger partial charge in [-0.3, -0.25) is 34.1 Å². The van der Waals surface area contributed by atoms with Crippen molar-refractivity contribution in [2.24, 2.45) is 5.92 Å². The zero-order valence-corrected chi connectivity index (χ0v) is 77.2. The molecule has 138 heavy (non-hydrogen) atoms. The van der Waals surface area contributed by atoms with E-state index in [9.17, 15) is 46.3 Å². The Labute approximate surface area is 801 Å². The van der Waals surface area contributed by atoms with E-state index in [4.69, 9.17) is 28.4 Å². The maximum absolute atomic E-state index is 13.1. The highest BCUT2D eigenvalue weighted by molar-refractivity contribution is 7.14. The van der Waals surface area contributed by atoms with E-state index in [-0.39, 0.29) is 84.6 Å². The van der Waals surface area contributed by atoms with Crippen LogP contribution in [0.15, 0.2) is 291 Å². The van der Waals surface area contributed by atoms with Gasteiger partial charge in [-0.2, -0.15) is 0 Å². The van der Waals surface area contributed by atoms with E-state index < -0.39 is 0 Å². The van der Waals surface area contributed by atoms with E-state index in [1.807, 2.05) is 84.8 Å². The van der Waals surface area contributed by atoms with Gasteiger partial charge in [0.05, 0.1) is 44.8 Å². The summed E-state index contributed by atoms with van der Waals surface area (Å²) >= 11 is 1.39. The number of piperidine rings is 1. The molecule has 6 aromatic carbocycles. The smallest absolute Gasteiger partial charge is 0.259 e. The van der Waals surface area contributed by atoms with Gasteiger partial charge in [-0.1, -0.05) is 135 Å². The fourth-order valence-corrected chi connectivity index (χ4v) is 14.5. The zero-order valence-electron chi connectivity index (χ0n) is 76.3. The number of nitrogens with one attached hydrogen (secondary N) is 5. The van der Waals surface area contributed by atoms with Crippen LogP contribution in [0.3, 0.4) is 0 Å². The molecule has 5 N–H and O–H groups in total. The summed E-state index contributed by atoms with van der Waals surface area (Å²) in [6.45, 7) is 8.08. The molecule has 18 rings (SSSR count). The minimum Gasteiger partial charge on any atom is -0.473 e. The van der Waals surface area contributed by atoms with Gasteiger partial charge in [-0.05, 0) is 214 Å². The summed E-state index contributed by atoms with van der Waals surface area (Å²) in [7, 11) is 0. The Hall–Kier alpha value is -15.7. The molecule has 0 bridgehead atoms. The van der Waals surface area contributed by atoms with Crippen LogP contribution < -0.4 is 55.0 Å². The molecule has 31 heteroatoms. The third-order valence-electron chi connectivity index (χ3n) is 21.9. The third kappa shape index (κ3) is 34.1. The van der Waals surface area contributed by atoms with Crippen molar-refractivity contribution in [1.82, 2.24) is 60.7 Å². The van der Waals surface area contributed by atoms with Crippen LogP contribution in [-0.2, 0) is 39.6 Å². The van der Waals surface area contributed by atoms with Crippen LogP contribution in [0.2, 0.25) is 0 Å². The third-order valence-corrected chi connectivity index (χ3v) is 22.8. The van der Waals surface area contributed by atoms with Crippen LogP contribution in [0, 0.1) is 43.0 Å². The minimum atomic E-state index is -0.300. The first-order chi connectivity index (χ1) is 67.3. The summed E-state index contributed by atoms with van der Waals surface area (Å²) in [4.78, 5) is 108. The van der Waals surface area contributed by atoms with Crippen molar-refractivity contribution in [3.05, 3.63) is 393 Å². The van der Waals surface area contributed by atoms with Crippen LogP contribution in [0.4, 0.5) is 28.5 Å². The Kier molecular flexibility index (Phi) is 38.2. The van der Waals surface area contributed by atoms with Gasteiger partial charge < -0.3 is 54.6 Å². The van der Waals surface area contributed by atoms with E-state index in [2.05, 4.69) is 66.5 Å². The Bertz CT molecular complexity index is 6180. The van der Waals surface area contributed by atoms with Gasteiger partial charge in [0.2, 0.25) is 35.3 Å². The molecule has 0 atom stereocenters. The molecule has 26 nitrogen and oxygen atoms in total. The summed E-state index contributed by atoms with van der Waals surface area (Å²) in [5.41, 5.74) is 9.99. The molecule has 8 aromatic heterocycles. The Morgan fingerprint density at radius 2 is 0.754 bits per heavy atom. The average Bonchev–Trinajstić information content (AvgIpc) is 0.901. The van der Waals surface area contributed by atoms with Crippen molar-refractivity contribution in [3.8, 4) is 35.3 Å².